The number of nitrogens with one attached hydrogen (secondary N) is 1. The highest BCUT2D eigenvalue weighted by Gasteiger charge is 2.07. The van der Waals surface area contributed by atoms with Gasteiger partial charge in [0.25, 0.3) is 0 Å². The topological polar surface area (TPSA) is 49.3 Å². The van der Waals surface area contributed by atoms with Crippen molar-refractivity contribution in [1.82, 2.24) is 5.32 Å². The number of terminal acetylenes is 1. The fraction of sp³-hybridized carbons (Fsp3) is 0.364. The Kier molecular flexibility index (Phi) is 4.35. The summed E-state index contributed by atoms with van der Waals surface area (Å²) >= 11 is 1.43. The zero-order valence-electron chi connectivity index (χ0n) is 8.49. The second kappa shape index (κ2) is 5.54. The molecule has 1 rings (SSSR count). The summed E-state index contributed by atoms with van der Waals surface area (Å²) in [7, 11) is 0. The summed E-state index contributed by atoms with van der Waals surface area (Å²) in [4.78, 5) is 11.6. The third-order valence-corrected chi connectivity index (χ3v) is 2.97. The predicted octanol–water partition coefficient (Wildman–Crippen LogP) is 1.95. The van der Waals surface area contributed by atoms with E-state index >= 15 is 0 Å². The summed E-state index contributed by atoms with van der Waals surface area (Å²) in [6.07, 6.45) is 6.17. The third-order valence-electron chi connectivity index (χ3n) is 2.03. The molecule has 0 aromatic carbocycles. The Morgan fingerprint density at radius 1 is 1.80 bits per heavy atom. The molecule has 1 aromatic rings. The van der Waals surface area contributed by atoms with Gasteiger partial charge in [0.05, 0.1) is 11.6 Å². The lowest BCUT2D eigenvalue weighted by molar-refractivity contribution is 0.0697. The molecule has 0 aliphatic rings. The Morgan fingerprint density at radius 3 is 3.00 bits per heavy atom. The van der Waals surface area contributed by atoms with Crippen LogP contribution in [0.3, 0.4) is 0 Å². The molecule has 0 amide bonds. The van der Waals surface area contributed by atoms with E-state index in [1.54, 1.807) is 11.4 Å². The molecule has 2 N–H and O–H groups in total. The highest BCUT2D eigenvalue weighted by Crippen LogP contribution is 2.14. The highest BCUT2D eigenvalue weighted by atomic mass is 32.1. The number of carboxylic acids is 1. The van der Waals surface area contributed by atoms with Gasteiger partial charge >= 0.3 is 5.97 Å². The van der Waals surface area contributed by atoms with Gasteiger partial charge in [-0.2, -0.15) is 0 Å². The normalized spacial score (nSPS) is 12.0. The largest absolute Gasteiger partial charge is 0.478 e. The zero-order valence-corrected chi connectivity index (χ0v) is 9.30. The van der Waals surface area contributed by atoms with Crippen LogP contribution in [0.2, 0.25) is 0 Å². The Labute approximate surface area is 93.1 Å². The van der Waals surface area contributed by atoms with Crippen molar-refractivity contribution in [3.63, 3.8) is 0 Å². The van der Waals surface area contributed by atoms with Gasteiger partial charge in [0.15, 0.2) is 0 Å². The fourth-order valence-corrected chi connectivity index (χ4v) is 1.94. The maximum atomic E-state index is 10.6. The Hall–Kier alpha value is -1.31. The Balaban J connectivity index is 2.51. The molecule has 0 radical (unpaired) electrons. The molecule has 0 spiro atoms. The van der Waals surface area contributed by atoms with E-state index in [1.807, 2.05) is 6.92 Å². The first-order chi connectivity index (χ1) is 7.17. The Morgan fingerprint density at radius 2 is 2.53 bits per heavy atom. The van der Waals surface area contributed by atoms with Crippen LogP contribution in [0.4, 0.5) is 0 Å². The molecule has 1 aromatic heterocycles. The molecule has 4 heteroatoms. The van der Waals surface area contributed by atoms with E-state index in [2.05, 4.69) is 11.2 Å². The molecular formula is C11H13NO2S. The summed E-state index contributed by atoms with van der Waals surface area (Å²) < 4.78 is 0. The molecular weight excluding hydrogens is 210 g/mol. The van der Waals surface area contributed by atoms with Gasteiger partial charge in [0.1, 0.15) is 0 Å². The van der Waals surface area contributed by atoms with Gasteiger partial charge in [-0.05, 0) is 12.5 Å². The van der Waals surface area contributed by atoms with Crippen LogP contribution >= 0.6 is 11.3 Å². The van der Waals surface area contributed by atoms with E-state index in [0.29, 0.717) is 12.1 Å². The number of thiophene rings is 1. The maximum absolute atomic E-state index is 10.6. The number of hydrogen-bond donors (Lipinski definition) is 2. The van der Waals surface area contributed by atoms with Crippen LogP contribution in [-0.2, 0) is 6.54 Å². The standard InChI is InChI=1S/C11H13NO2S/c1-3-9(4-2)12-6-10-5-8(7-15-10)11(13)14/h1,5,7,9,12H,4,6H2,2H3,(H,13,14). The average molecular weight is 223 g/mol. The molecule has 15 heavy (non-hydrogen) atoms. The average Bonchev–Trinajstić information content (AvgIpc) is 2.68. The van der Waals surface area contributed by atoms with Crippen molar-refractivity contribution in [2.75, 3.05) is 0 Å². The Bertz CT molecular complexity index is 378. The van der Waals surface area contributed by atoms with Crippen LogP contribution in [0, 0.1) is 12.3 Å². The van der Waals surface area contributed by atoms with Crippen LogP contribution in [0.5, 0.6) is 0 Å². The van der Waals surface area contributed by atoms with E-state index in [9.17, 15) is 4.79 Å². The minimum atomic E-state index is -0.888. The fourth-order valence-electron chi connectivity index (χ4n) is 1.13. The summed E-state index contributed by atoms with van der Waals surface area (Å²) in [5, 5.41) is 13.5. The lowest BCUT2D eigenvalue weighted by Crippen LogP contribution is -2.25. The predicted molar refractivity (Wildman–Crippen MR) is 61.0 cm³/mol. The molecule has 1 heterocycles. The molecule has 3 nitrogen and oxygen atoms in total. The molecule has 0 aliphatic heterocycles. The SMILES string of the molecule is C#CC(CC)NCc1cc(C(=O)O)cs1. The van der Waals surface area contributed by atoms with Crippen molar-refractivity contribution in [3.8, 4) is 12.3 Å². The van der Waals surface area contributed by atoms with Gasteiger partial charge < -0.3 is 5.11 Å². The second-order valence-electron chi connectivity index (χ2n) is 3.12. The van der Waals surface area contributed by atoms with Gasteiger partial charge in [-0.1, -0.05) is 12.8 Å². The summed E-state index contributed by atoms with van der Waals surface area (Å²) in [5.41, 5.74) is 0.338. The van der Waals surface area contributed by atoms with Gasteiger partial charge in [-0.3, -0.25) is 5.32 Å². The molecule has 1 atom stereocenters. The lowest BCUT2D eigenvalue weighted by atomic mass is 10.2. The summed E-state index contributed by atoms with van der Waals surface area (Å²) in [6.45, 7) is 2.63. The third kappa shape index (κ3) is 3.39. The van der Waals surface area contributed by atoms with Crippen molar-refractivity contribution in [3.05, 3.63) is 21.9 Å². The summed E-state index contributed by atoms with van der Waals surface area (Å²) in [5.74, 6) is 1.74. The number of carbonyl (C=O) groups is 1. The van der Waals surface area contributed by atoms with Crippen LogP contribution in [0.25, 0.3) is 0 Å². The number of hydrogen-bond acceptors (Lipinski definition) is 3. The quantitative estimate of drug-likeness (QED) is 0.750. The first-order valence-electron chi connectivity index (χ1n) is 4.67. The van der Waals surface area contributed by atoms with Crippen molar-refractivity contribution in [2.24, 2.45) is 0 Å². The van der Waals surface area contributed by atoms with Crippen LogP contribution in [0.15, 0.2) is 11.4 Å². The highest BCUT2D eigenvalue weighted by molar-refractivity contribution is 7.10. The number of aromatic carboxylic acids is 1. The number of rotatable bonds is 5. The van der Waals surface area contributed by atoms with Crippen molar-refractivity contribution >= 4 is 17.3 Å². The molecule has 0 saturated heterocycles. The zero-order chi connectivity index (χ0) is 11.3. The smallest absolute Gasteiger partial charge is 0.336 e. The van der Waals surface area contributed by atoms with Crippen molar-refractivity contribution < 1.29 is 9.90 Å². The first kappa shape index (κ1) is 11.8. The molecule has 1 unspecified atom stereocenters. The first-order valence-corrected chi connectivity index (χ1v) is 5.55. The van der Waals surface area contributed by atoms with Crippen molar-refractivity contribution in [2.45, 2.75) is 25.9 Å². The van der Waals surface area contributed by atoms with E-state index in [1.165, 1.54) is 11.3 Å². The molecule has 0 aliphatic carbocycles. The van der Waals surface area contributed by atoms with E-state index in [-0.39, 0.29) is 6.04 Å². The van der Waals surface area contributed by atoms with Crippen LogP contribution < -0.4 is 5.32 Å². The molecule has 0 saturated carbocycles. The minimum Gasteiger partial charge on any atom is -0.478 e. The maximum Gasteiger partial charge on any atom is 0.336 e. The second-order valence-corrected chi connectivity index (χ2v) is 4.11. The van der Waals surface area contributed by atoms with Gasteiger partial charge in [0, 0.05) is 16.8 Å². The van der Waals surface area contributed by atoms with Crippen LogP contribution in [-0.4, -0.2) is 17.1 Å². The van der Waals surface area contributed by atoms with Gasteiger partial charge in [-0.15, -0.1) is 17.8 Å². The van der Waals surface area contributed by atoms with E-state index in [4.69, 9.17) is 11.5 Å². The van der Waals surface area contributed by atoms with Crippen LogP contribution in [0.1, 0.15) is 28.6 Å². The molecule has 0 fully saturated rings. The van der Waals surface area contributed by atoms with E-state index in [0.717, 1.165) is 11.3 Å². The molecule has 80 valence electrons. The summed E-state index contributed by atoms with van der Waals surface area (Å²) in [6, 6.07) is 1.73. The monoisotopic (exact) mass is 223 g/mol. The lowest BCUT2D eigenvalue weighted by Gasteiger charge is -2.08. The van der Waals surface area contributed by atoms with Gasteiger partial charge in [-0.25, -0.2) is 4.79 Å². The molecule has 0 bridgehead atoms. The number of carboxylic acid groups (broad SMARTS) is 1. The van der Waals surface area contributed by atoms with E-state index < -0.39 is 5.97 Å². The minimum absolute atomic E-state index is 0.0559. The van der Waals surface area contributed by atoms with Crippen molar-refractivity contribution in [1.29, 1.82) is 0 Å². The van der Waals surface area contributed by atoms with Gasteiger partial charge in [0.2, 0.25) is 0 Å².